The SMILES string of the molecule is COc1ccc2c(c1)C(O)CCN2C(=O)Cc1ccccc1. The molecule has 0 fully saturated rings. The number of aliphatic hydroxyl groups excluding tert-OH is 1. The summed E-state index contributed by atoms with van der Waals surface area (Å²) in [5.74, 6) is 0.736. The second-order valence-corrected chi connectivity index (χ2v) is 5.44. The number of hydrogen-bond donors (Lipinski definition) is 1. The lowest BCUT2D eigenvalue weighted by Crippen LogP contribution is -2.37. The van der Waals surface area contributed by atoms with Crippen molar-refractivity contribution in [2.24, 2.45) is 0 Å². The van der Waals surface area contributed by atoms with Crippen molar-refractivity contribution in [1.29, 1.82) is 0 Å². The van der Waals surface area contributed by atoms with Gasteiger partial charge in [0.15, 0.2) is 0 Å². The van der Waals surface area contributed by atoms with E-state index in [4.69, 9.17) is 4.74 Å². The van der Waals surface area contributed by atoms with Gasteiger partial charge in [0.2, 0.25) is 5.91 Å². The fourth-order valence-electron chi connectivity index (χ4n) is 2.82. The highest BCUT2D eigenvalue weighted by Gasteiger charge is 2.27. The zero-order valence-corrected chi connectivity index (χ0v) is 12.5. The molecule has 4 heteroatoms. The molecule has 0 spiro atoms. The van der Waals surface area contributed by atoms with E-state index in [9.17, 15) is 9.90 Å². The Bertz CT molecular complexity index is 669. The summed E-state index contributed by atoms with van der Waals surface area (Å²) < 4.78 is 5.21. The lowest BCUT2D eigenvalue weighted by Gasteiger charge is -2.32. The largest absolute Gasteiger partial charge is 0.497 e. The maximum atomic E-state index is 12.6. The van der Waals surface area contributed by atoms with Crippen LogP contribution in [-0.4, -0.2) is 24.7 Å². The van der Waals surface area contributed by atoms with Crippen LogP contribution >= 0.6 is 0 Å². The molecule has 3 rings (SSSR count). The second-order valence-electron chi connectivity index (χ2n) is 5.44. The van der Waals surface area contributed by atoms with Crippen LogP contribution in [0.4, 0.5) is 5.69 Å². The Morgan fingerprint density at radius 3 is 2.77 bits per heavy atom. The zero-order chi connectivity index (χ0) is 15.5. The van der Waals surface area contributed by atoms with Gasteiger partial charge in [0, 0.05) is 17.8 Å². The van der Waals surface area contributed by atoms with Crippen molar-refractivity contribution in [3.8, 4) is 5.75 Å². The van der Waals surface area contributed by atoms with Gasteiger partial charge < -0.3 is 14.7 Å². The highest BCUT2D eigenvalue weighted by Crippen LogP contribution is 2.36. The molecule has 1 atom stereocenters. The normalized spacial score (nSPS) is 17.0. The van der Waals surface area contributed by atoms with E-state index in [1.54, 1.807) is 12.0 Å². The fraction of sp³-hybridized carbons (Fsp3) is 0.278. The Morgan fingerprint density at radius 2 is 2.05 bits per heavy atom. The van der Waals surface area contributed by atoms with E-state index >= 15 is 0 Å². The van der Waals surface area contributed by atoms with Crippen LogP contribution in [0.1, 0.15) is 23.7 Å². The highest BCUT2D eigenvalue weighted by atomic mass is 16.5. The van der Waals surface area contributed by atoms with Crippen molar-refractivity contribution < 1.29 is 14.6 Å². The van der Waals surface area contributed by atoms with Crippen LogP contribution in [0.5, 0.6) is 5.75 Å². The Morgan fingerprint density at radius 1 is 1.27 bits per heavy atom. The van der Waals surface area contributed by atoms with Crippen LogP contribution in [0.15, 0.2) is 48.5 Å². The van der Waals surface area contributed by atoms with Crippen molar-refractivity contribution in [3.05, 3.63) is 59.7 Å². The molecule has 22 heavy (non-hydrogen) atoms. The quantitative estimate of drug-likeness (QED) is 0.947. The molecule has 2 aromatic rings. The number of carbonyl (C=O) groups excluding carboxylic acids is 1. The predicted octanol–water partition coefficient (Wildman–Crippen LogP) is 2.71. The number of nitrogens with zero attached hydrogens (tertiary/aromatic N) is 1. The molecule has 4 nitrogen and oxygen atoms in total. The molecule has 1 aliphatic heterocycles. The van der Waals surface area contributed by atoms with E-state index < -0.39 is 6.10 Å². The number of rotatable bonds is 3. The molecule has 0 aliphatic carbocycles. The van der Waals surface area contributed by atoms with E-state index in [1.165, 1.54) is 0 Å². The Balaban J connectivity index is 1.87. The number of carbonyl (C=O) groups is 1. The summed E-state index contributed by atoms with van der Waals surface area (Å²) in [4.78, 5) is 14.4. The lowest BCUT2D eigenvalue weighted by atomic mass is 9.97. The van der Waals surface area contributed by atoms with Crippen molar-refractivity contribution in [3.63, 3.8) is 0 Å². The van der Waals surface area contributed by atoms with Gasteiger partial charge in [-0.25, -0.2) is 0 Å². The molecule has 114 valence electrons. The van der Waals surface area contributed by atoms with E-state index in [-0.39, 0.29) is 5.91 Å². The molecule has 0 bridgehead atoms. The first kappa shape index (κ1) is 14.6. The van der Waals surface area contributed by atoms with E-state index in [0.717, 1.165) is 16.8 Å². The summed E-state index contributed by atoms with van der Waals surface area (Å²) in [5, 5.41) is 10.2. The van der Waals surface area contributed by atoms with Gasteiger partial charge in [-0.2, -0.15) is 0 Å². The molecule has 1 amide bonds. The molecule has 2 aromatic carbocycles. The van der Waals surface area contributed by atoms with Crippen molar-refractivity contribution in [2.75, 3.05) is 18.6 Å². The maximum absolute atomic E-state index is 12.6. The summed E-state index contributed by atoms with van der Waals surface area (Å²) in [6.45, 7) is 0.534. The number of benzene rings is 2. The second kappa shape index (κ2) is 6.20. The maximum Gasteiger partial charge on any atom is 0.231 e. The van der Waals surface area contributed by atoms with Crippen LogP contribution in [0.25, 0.3) is 0 Å². The third kappa shape index (κ3) is 2.83. The van der Waals surface area contributed by atoms with Crippen LogP contribution in [0.2, 0.25) is 0 Å². The Hall–Kier alpha value is -2.33. The first-order chi connectivity index (χ1) is 10.7. The summed E-state index contributed by atoms with van der Waals surface area (Å²) in [5.41, 5.74) is 2.53. The minimum atomic E-state index is -0.550. The number of methoxy groups -OCH3 is 1. The van der Waals surface area contributed by atoms with Crippen molar-refractivity contribution in [1.82, 2.24) is 0 Å². The Labute approximate surface area is 130 Å². The highest BCUT2D eigenvalue weighted by molar-refractivity contribution is 5.96. The van der Waals surface area contributed by atoms with Gasteiger partial charge in [-0.1, -0.05) is 30.3 Å². The van der Waals surface area contributed by atoms with E-state index in [2.05, 4.69) is 0 Å². The number of amides is 1. The van der Waals surface area contributed by atoms with E-state index in [0.29, 0.717) is 25.1 Å². The summed E-state index contributed by atoms with van der Waals surface area (Å²) in [7, 11) is 1.59. The number of ether oxygens (including phenoxy) is 1. The number of aliphatic hydroxyl groups is 1. The molecule has 1 aliphatic rings. The molecule has 1 N–H and O–H groups in total. The summed E-state index contributed by atoms with van der Waals surface area (Å²) >= 11 is 0. The molecular formula is C18H19NO3. The lowest BCUT2D eigenvalue weighted by molar-refractivity contribution is -0.118. The predicted molar refractivity (Wildman–Crippen MR) is 85.1 cm³/mol. The molecular weight excluding hydrogens is 278 g/mol. The van der Waals surface area contributed by atoms with Gasteiger partial charge in [-0.15, -0.1) is 0 Å². The minimum Gasteiger partial charge on any atom is -0.497 e. The molecule has 1 heterocycles. The fourth-order valence-corrected chi connectivity index (χ4v) is 2.82. The van der Waals surface area contributed by atoms with E-state index in [1.807, 2.05) is 48.5 Å². The number of anilines is 1. The van der Waals surface area contributed by atoms with Gasteiger partial charge in [0.05, 0.1) is 19.6 Å². The average molecular weight is 297 g/mol. The van der Waals surface area contributed by atoms with Crippen molar-refractivity contribution >= 4 is 11.6 Å². The smallest absolute Gasteiger partial charge is 0.231 e. The van der Waals surface area contributed by atoms with Crippen LogP contribution in [0, 0.1) is 0 Å². The minimum absolute atomic E-state index is 0.0458. The Kier molecular flexibility index (Phi) is 4.11. The summed E-state index contributed by atoms with van der Waals surface area (Å²) in [6.07, 6.45) is 0.356. The van der Waals surface area contributed by atoms with Gasteiger partial charge in [0.1, 0.15) is 5.75 Å². The number of hydrogen-bond acceptors (Lipinski definition) is 3. The number of fused-ring (bicyclic) bond motifs is 1. The molecule has 0 aromatic heterocycles. The standard InChI is InChI=1S/C18H19NO3/c1-22-14-7-8-16-15(12-14)17(20)9-10-19(16)18(21)11-13-5-3-2-4-6-13/h2-8,12,17,20H,9-11H2,1H3. The molecule has 0 saturated carbocycles. The van der Waals surface area contributed by atoms with Gasteiger partial charge in [0.25, 0.3) is 0 Å². The topological polar surface area (TPSA) is 49.8 Å². The first-order valence-electron chi connectivity index (χ1n) is 7.39. The van der Waals surface area contributed by atoms with Crippen molar-refractivity contribution in [2.45, 2.75) is 18.9 Å². The van der Waals surface area contributed by atoms with Crippen LogP contribution < -0.4 is 9.64 Å². The summed E-state index contributed by atoms with van der Waals surface area (Å²) in [6, 6.07) is 15.2. The molecule has 0 radical (unpaired) electrons. The zero-order valence-electron chi connectivity index (χ0n) is 12.5. The van der Waals surface area contributed by atoms with Crippen LogP contribution in [0.3, 0.4) is 0 Å². The van der Waals surface area contributed by atoms with Gasteiger partial charge >= 0.3 is 0 Å². The van der Waals surface area contributed by atoms with Gasteiger partial charge in [-0.3, -0.25) is 4.79 Å². The van der Waals surface area contributed by atoms with Gasteiger partial charge in [-0.05, 0) is 30.2 Å². The third-order valence-electron chi connectivity index (χ3n) is 4.01. The molecule has 1 unspecified atom stereocenters. The third-order valence-corrected chi connectivity index (χ3v) is 4.01. The average Bonchev–Trinajstić information content (AvgIpc) is 2.56. The van der Waals surface area contributed by atoms with Crippen LogP contribution in [-0.2, 0) is 11.2 Å². The molecule has 0 saturated heterocycles. The first-order valence-corrected chi connectivity index (χ1v) is 7.39. The monoisotopic (exact) mass is 297 g/mol.